The summed E-state index contributed by atoms with van der Waals surface area (Å²) < 4.78 is 0. The minimum Gasteiger partial charge on any atom is -0.354 e. The second kappa shape index (κ2) is 5.73. The number of hydrogen-bond donors (Lipinski definition) is 1. The van der Waals surface area contributed by atoms with E-state index in [0.717, 1.165) is 55.7 Å². The molecule has 7 heteroatoms. The van der Waals surface area contributed by atoms with Crippen LogP contribution < -0.4 is 4.90 Å². The molecule has 2 aromatic heterocycles. The molecule has 2 aromatic rings. The Morgan fingerprint density at radius 3 is 3.04 bits per heavy atom. The number of carbonyl (C=O) groups excluding carboxylic acids is 1. The van der Waals surface area contributed by atoms with Gasteiger partial charge in [0.1, 0.15) is 17.8 Å². The summed E-state index contributed by atoms with van der Waals surface area (Å²) in [6.45, 7) is 3.16. The minimum atomic E-state index is -0.0271. The van der Waals surface area contributed by atoms with Crippen molar-refractivity contribution in [1.82, 2.24) is 24.8 Å². The van der Waals surface area contributed by atoms with E-state index in [-0.39, 0.29) is 11.4 Å². The third kappa shape index (κ3) is 2.43. The molecule has 2 saturated heterocycles. The van der Waals surface area contributed by atoms with Gasteiger partial charge >= 0.3 is 0 Å². The zero-order valence-corrected chi connectivity index (χ0v) is 14.3. The van der Waals surface area contributed by atoms with Crippen molar-refractivity contribution < 1.29 is 4.79 Å². The van der Waals surface area contributed by atoms with Crippen molar-refractivity contribution in [2.75, 3.05) is 45.2 Å². The molecule has 7 nitrogen and oxygen atoms in total. The van der Waals surface area contributed by atoms with Crippen LogP contribution in [0.2, 0.25) is 0 Å². The van der Waals surface area contributed by atoms with Gasteiger partial charge in [-0.05, 0) is 39.4 Å². The molecule has 0 aliphatic carbocycles. The Labute approximate surface area is 141 Å². The van der Waals surface area contributed by atoms with E-state index in [2.05, 4.69) is 24.8 Å². The first kappa shape index (κ1) is 15.4. The zero-order valence-electron chi connectivity index (χ0n) is 14.3. The summed E-state index contributed by atoms with van der Waals surface area (Å²) >= 11 is 0. The smallest absolute Gasteiger partial charge is 0.237 e. The molecule has 0 radical (unpaired) electrons. The number of nitrogens with zero attached hydrogens (tertiary/aromatic N) is 5. The molecule has 2 aliphatic rings. The van der Waals surface area contributed by atoms with Crippen LogP contribution in [-0.2, 0) is 4.79 Å². The highest BCUT2D eigenvalue weighted by atomic mass is 16.2. The van der Waals surface area contributed by atoms with E-state index in [1.54, 1.807) is 6.33 Å². The predicted molar refractivity (Wildman–Crippen MR) is 93.0 cm³/mol. The quantitative estimate of drug-likeness (QED) is 0.913. The highest BCUT2D eigenvalue weighted by Gasteiger charge is 2.48. The van der Waals surface area contributed by atoms with Crippen LogP contribution in [0.4, 0.5) is 5.82 Å². The molecular formula is C17H24N6O. The topological polar surface area (TPSA) is 68.4 Å². The van der Waals surface area contributed by atoms with Gasteiger partial charge in [-0.15, -0.1) is 0 Å². The Morgan fingerprint density at radius 2 is 2.21 bits per heavy atom. The molecule has 0 bridgehead atoms. The number of carbonyl (C=O) groups is 1. The van der Waals surface area contributed by atoms with Gasteiger partial charge in [0.05, 0.1) is 17.5 Å². The minimum absolute atomic E-state index is 0.0271. The first-order chi connectivity index (χ1) is 11.6. The number of likely N-dealkylation sites (N-methyl/N-ethyl adjacent to an activating group) is 1. The zero-order chi connectivity index (χ0) is 16.7. The Bertz CT molecular complexity index is 756. The van der Waals surface area contributed by atoms with E-state index in [0.29, 0.717) is 6.54 Å². The average molecular weight is 328 g/mol. The van der Waals surface area contributed by atoms with Crippen LogP contribution in [0, 0.1) is 0 Å². The summed E-state index contributed by atoms with van der Waals surface area (Å²) in [6.07, 6.45) is 6.71. The molecule has 0 saturated carbocycles. The third-order valence-electron chi connectivity index (χ3n) is 5.31. The van der Waals surface area contributed by atoms with Crippen molar-refractivity contribution in [3.63, 3.8) is 0 Å². The molecule has 1 atom stereocenters. The number of rotatable bonds is 3. The standard InChI is InChI=1S/C17H24N6O/c1-21(2)10-14(24)23-8-3-5-17(23)6-9-22(11-17)16-13-4-7-18-15(13)19-12-20-16/h4,7,12H,3,5-6,8-11H2,1-2H3,(H,18,19,20). The molecule has 4 rings (SSSR count). The SMILES string of the molecule is CN(C)CC(=O)N1CCCC12CCN(c1ncnc3[nH]ccc13)C2. The summed E-state index contributed by atoms with van der Waals surface area (Å²) in [5.74, 6) is 1.22. The molecule has 1 unspecified atom stereocenters. The van der Waals surface area contributed by atoms with Crippen molar-refractivity contribution in [3.8, 4) is 0 Å². The van der Waals surface area contributed by atoms with Crippen LogP contribution in [0.5, 0.6) is 0 Å². The van der Waals surface area contributed by atoms with E-state index in [4.69, 9.17) is 0 Å². The van der Waals surface area contributed by atoms with Gasteiger partial charge in [-0.1, -0.05) is 0 Å². The Morgan fingerprint density at radius 1 is 1.33 bits per heavy atom. The Hall–Kier alpha value is -2.15. The van der Waals surface area contributed by atoms with Crippen LogP contribution in [0.15, 0.2) is 18.6 Å². The van der Waals surface area contributed by atoms with Crippen LogP contribution in [0.3, 0.4) is 0 Å². The number of hydrogen-bond acceptors (Lipinski definition) is 5. The summed E-state index contributed by atoms with van der Waals surface area (Å²) in [7, 11) is 3.90. The van der Waals surface area contributed by atoms with Crippen molar-refractivity contribution in [1.29, 1.82) is 0 Å². The van der Waals surface area contributed by atoms with Crippen LogP contribution in [0.1, 0.15) is 19.3 Å². The first-order valence-corrected chi connectivity index (χ1v) is 8.57. The van der Waals surface area contributed by atoms with E-state index in [9.17, 15) is 4.79 Å². The Balaban J connectivity index is 1.59. The van der Waals surface area contributed by atoms with E-state index < -0.39 is 0 Å². The summed E-state index contributed by atoms with van der Waals surface area (Å²) in [4.78, 5) is 31.0. The van der Waals surface area contributed by atoms with E-state index >= 15 is 0 Å². The van der Waals surface area contributed by atoms with Crippen molar-refractivity contribution >= 4 is 22.8 Å². The van der Waals surface area contributed by atoms with Crippen molar-refractivity contribution in [2.24, 2.45) is 0 Å². The number of amides is 1. The lowest BCUT2D eigenvalue weighted by Crippen LogP contribution is -2.51. The molecule has 1 N–H and O–H groups in total. The fraction of sp³-hybridized carbons (Fsp3) is 0.588. The summed E-state index contributed by atoms with van der Waals surface area (Å²) in [5, 5.41) is 1.05. The maximum absolute atomic E-state index is 12.7. The first-order valence-electron chi connectivity index (χ1n) is 8.57. The van der Waals surface area contributed by atoms with Gasteiger partial charge in [-0.25, -0.2) is 9.97 Å². The fourth-order valence-electron chi connectivity index (χ4n) is 4.26. The summed E-state index contributed by atoms with van der Waals surface area (Å²) in [5.41, 5.74) is 0.841. The number of aromatic amines is 1. The third-order valence-corrected chi connectivity index (χ3v) is 5.31. The van der Waals surface area contributed by atoms with E-state index in [1.165, 1.54) is 0 Å². The number of nitrogens with one attached hydrogen (secondary N) is 1. The number of likely N-dealkylation sites (tertiary alicyclic amines) is 1. The largest absolute Gasteiger partial charge is 0.354 e. The van der Waals surface area contributed by atoms with Gasteiger partial charge in [-0.3, -0.25) is 4.79 Å². The number of aromatic nitrogens is 3. The fourth-order valence-corrected chi connectivity index (χ4v) is 4.26. The average Bonchev–Trinajstić information content (AvgIpc) is 3.26. The number of fused-ring (bicyclic) bond motifs is 1. The van der Waals surface area contributed by atoms with Gasteiger partial charge in [0.15, 0.2) is 0 Å². The predicted octanol–water partition coefficient (Wildman–Crippen LogP) is 1.09. The van der Waals surface area contributed by atoms with Gasteiger partial charge in [0.25, 0.3) is 0 Å². The normalized spacial score (nSPS) is 24.0. The van der Waals surface area contributed by atoms with Crippen molar-refractivity contribution in [2.45, 2.75) is 24.8 Å². The van der Waals surface area contributed by atoms with Crippen LogP contribution in [0.25, 0.3) is 11.0 Å². The van der Waals surface area contributed by atoms with Gasteiger partial charge in [-0.2, -0.15) is 0 Å². The van der Waals surface area contributed by atoms with Crippen LogP contribution >= 0.6 is 0 Å². The Kier molecular flexibility index (Phi) is 3.68. The van der Waals surface area contributed by atoms with Gasteiger partial charge in [0, 0.05) is 25.8 Å². The molecule has 2 fully saturated rings. The molecule has 2 aliphatic heterocycles. The second-order valence-electron chi connectivity index (χ2n) is 7.22. The lowest BCUT2D eigenvalue weighted by molar-refractivity contribution is -0.135. The molecule has 1 amide bonds. The maximum atomic E-state index is 12.7. The maximum Gasteiger partial charge on any atom is 0.237 e. The molecule has 128 valence electrons. The molecule has 0 aromatic carbocycles. The number of anilines is 1. The molecule has 4 heterocycles. The molecule has 1 spiro atoms. The highest BCUT2D eigenvalue weighted by Crippen LogP contribution is 2.40. The second-order valence-corrected chi connectivity index (χ2v) is 7.22. The molecule has 24 heavy (non-hydrogen) atoms. The van der Waals surface area contributed by atoms with Crippen LogP contribution in [-0.4, -0.2) is 76.5 Å². The van der Waals surface area contributed by atoms with E-state index in [1.807, 2.05) is 31.3 Å². The summed E-state index contributed by atoms with van der Waals surface area (Å²) in [6, 6.07) is 2.03. The van der Waals surface area contributed by atoms with Gasteiger partial charge in [0.2, 0.25) is 5.91 Å². The number of H-pyrrole nitrogens is 1. The molecular weight excluding hydrogens is 304 g/mol. The highest BCUT2D eigenvalue weighted by molar-refractivity contribution is 5.87. The van der Waals surface area contributed by atoms with Gasteiger partial charge < -0.3 is 19.7 Å². The van der Waals surface area contributed by atoms with Crippen molar-refractivity contribution in [3.05, 3.63) is 18.6 Å². The monoisotopic (exact) mass is 328 g/mol. The lowest BCUT2D eigenvalue weighted by Gasteiger charge is -2.36. The lowest BCUT2D eigenvalue weighted by atomic mass is 9.95.